The molecule has 0 saturated heterocycles. The molecule has 0 saturated carbocycles. The van der Waals surface area contributed by atoms with Gasteiger partial charge in [0.15, 0.2) is 0 Å². The predicted molar refractivity (Wildman–Crippen MR) is 41.5 cm³/mol. The van der Waals surface area contributed by atoms with Crippen LogP contribution in [-0.4, -0.2) is 17.3 Å². The van der Waals surface area contributed by atoms with E-state index >= 15 is 0 Å². The molecule has 0 aliphatic heterocycles. The molecular formula is C3H9I2NP-. The van der Waals surface area contributed by atoms with E-state index in [0.717, 1.165) is 6.54 Å². The van der Waals surface area contributed by atoms with Crippen molar-refractivity contribution < 1.29 is 17.2 Å². The Kier molecular flexibility index (Phi) is 9.92. The van der Waals surface area contributed by atoms with Crippen LogP contribution in [-0.2, 0) is 0 Å². The Morgan fingerprint density at radius 2 is 2.43 bits per heavy atom. The molecule has 0 aliphatic carbocycles. The third-order valence-electron chi connectivity index (χ3n) is 0.466. The van der Waals surface area contributed by atoms with Gasteiger partial charge in [0.1, 0.15) is 0 Å². The van der Waals surface area contributed by atoms with Gasteiger partial charge in [-0.3, -0.25) is 0 Å². The summed E-state index contributed by atoms with van der Waals surface area (Å²) < 4.78 is 1.26. The van der Waals surface area contributed by atoms with Gasteiger partial charge in [0.05, 0.1) is 0 Å². The summed E-state index contributed by atoms with van der Waals surface area (Å²) >= 11 is 2.91. The van der Waals surface area contributed by atoms with E-state index in [2.05, 4.69) is 33.2 Å². The summed E-state index contributed by atoms with van der Waals surface area (Å²) in [5.41, 5.74) is 0. The Balaban J connectivity index is 2.45. The van der Waals surface area contributed by atoms with Crippen LogP contribution in [0.5, 0.6) is 0 Å². The monoisotopic (exact) mass is 344 g/mol. The van der Waals surface area contributed by atoms with Crippen LogP contribution in [0, 0.1) is 0 Å². The van der Waals surface area contributed by atoms with Crippen molar-refractivity contribution in [2.75, 3.05) is 17.3 Å². The van der Waals surface area contributed by atoms with Gasteiger partial charge in [0, 0.05) is 0 Å². The van der Waals surface area contributed by atoms with Gasteiger partial charge in [0.25, 0.3) is 0 Å². The summed E-state index contributed by atoms with van der Waals surface area (Å²) in [5.74, 6) is 0. The van der Waals surface area contributed by atoms with Crippen LogP contribution < -0.4 is 22.5 Å². The first-order chi connectivity index (χ1) is 3.41. The van der Waals surface area contributed by atoms with Crippen LogP contribution in [0.3, 0.4) is 0 Å². The number of hydrogen-bond acceptors (Lipinski definition) is 1. The summed E-state index contributed by atoms with van der Waals surface area (Å²) in [6.07, 6.45) is 1.18. The van der Waals surface area contributed by atoms with Crippen molar-refractivity contribution in [2.45, 2.75) is 0 Å². The maximum absolute atomic E-state index is 3.31. The van der Waals surface area contributed by atoms with Crippen molar-refractivity contribution in [3.63, 3.8) is 0 Å². The molecular weight excluding hydrogens is 335 g/mol. The molecule has 46 valence electrons. The minimum absolute atomic E-state index is 0.445. The summed E-state index contributed by atoms with van der Waals surface area (Å²) in [5, 5.41) is 3.31. The predicted octanol–water partition coefficient (Wildman–Crippen LogP) is -2.15. The van der Waals surface area contributed by atoms with Gasteiger partial charge in [-0.25, -0.2) is 0 Å². The number of halogens is 2. The summed E-state index contributed by atoms with van der Waals surface area (Å²) in [6, 6.07) is 0. The number of hydrogen-bond donors (Lipinski definition) is 1. The second kappa shape index (κ2) is 7.85. The first-order valence-corrected chi connectivity index (χ1v) is 10.7. The van der Waals surface area contributed by atoms with Crippen molar-refractivity contribution in [2.24, 2.45) is 0 Å². The van der Waals surface area contributed by atoms with E-state index in [1.54, 1.807) is 0 Å². The van der Waals surface area contributed by atoms with Crippen LogP contribution in [0.4, 0.5) is 0 Å². The molecule has 0 radical (unpaired) electrons. The standard InChI is InChI=1S/C3H9I2NP/c4-5-3-6-1-2-7/h6H,1-3,7H2/q-1. The molecule has 0 aromatic heterocycles. The van der Waals surface area contributed by atoms with Crippen LogP contribution in [0.2, 0.25) is 0 Å². The van der Waals surface area contributed by atoms with E-state index in [1.165, 1.54) is 10.7 Å². The van der Waals surface area contributed by atoms with Crippen LogP contribution in [0.1, 0.15) is 0 Å². The van der Waals surface area contributed by atoms with E-state index < -0.39 is 0 Å². The first kappa shape index (κ1) is 8.85. The molecule has 7 heavy (non-hydrogen) atoms. The van der Waals surface area contributed by atoms with E-state index in [-0.39, 0.29) is 0 Å². The fourth-order valence-corrected chi connectivity index (χ4v) is 2.36. The molecule has 0 heterocycles. The number of nitrogens with one attached hydrogen (secondary N) is 1. The molecule has 0 aromatic rings. The van der Waals surface area contributed by atoms with E-state index in [1.807, 2.05) is 0 Å². The third-order valence-corrected chi connectivity index (χ3v) is 3.52. The zero-order valence-electron chi connectivity index (χ0n) is 3.95. The average molecular weight is 344 g/mol. The van der Waals surface area contributed by atoms with Gasteiger partial charge < -0.3 is 0 Å². The topological polar surface area (TPSA) is 12.0 Å². The number of alkyl halides is 1. The Morgan fingerprint density at radius 3 is 2.86 bits per heavy atom. The second-order valence-electron chi connectivity index (χ2n) is 1.02. The van der Waals surface area contributed by atoms with E-state index in [9.17, 15) is 0 Å². The Bertz CT molecular complexity index is 32.1. The Labute approximate surface area is 67.0 Å². The fourth-order valence-electron chi connectivity index (χ4n) is 0.205. The van der Waals surface area contributed by atoms with Crippen LogP contribution in [0.15, 0.2) is 0 Å². The molecule has 4 heteroatoms. The molecule has 0 bridgehead atoms. The molecule has 0 spiro atoms. The van der Waals surface area contributed by atoms with E-state index in [0.29, 0.717) is 17.2 Å². The Morgan fingerprint density at radius 1 is 1.71 bits per heavy atom. The first-order valence-electron chi connectivity index (χ1n) is 2.03. The minimum atomic E-state index is 0.445. The molecule has 0 amide bonds. The summed E-state index contributed by atoms with van der Waals surface area (Å²) in [4.78, 5) is 0. The number of rotatable bonds is 4. The fraction of sp³-hybridized carbons (Fsp3) is 1.00. The summed E-state index contributed by atoms with van der Waals surface area (Å²) in [6.45, 7) is 1.16. The van der Waals surface area contributed by atoms with Crippen molar-refractivity contribution in [3.8, 4) is 0 Å². The Hall–Kier alpha value is 1.85. The average Bonchev–Trinajstić information content (AvgIpc) is 1.69. The molecule has 0 rings (SSSR count). The van der Waals surface area contributed by atoms with Gasteiger partial charge >= 0.3 is 67.7 Å². The quantitative estimate of drug-likeness (QED) is 0.202. The molecule has 1 unspecified atom stereocenters. The van der Waals surface area contributed by atoms with Gasteiger partial charge in [-0.15, -0.1) is 0 Å². The zero-order valence-corrected chi connectivity index (χ0v) is 9.42. The summed E-state index contributed by atoms with van der Waals surface area (Å²) in [7, 11) is 2.70. The van der Waals surface area contributed by atoms with Gasteiger partial charge in [-0.2, -0.15) is 0 Å². The SMILES string of the molecule is PCCNC[I-]I. The van der Waals surface area contributed by atoms with Gasteiger partial charge in [-0.1, -0.05) is 0 Å². The molecule has 1 atom stereocenters. The van der Waals surface area contributed by atoms with Crippen molar-refractivity contribution >= 4 is 27.9 Å². The van der Waals surface area contributed by atoms with Gasteiger partial charge in [0.2, 0.25) is 0 Å². The molecule has 1 nitrogen and oxygen atoms in total. The van der Waals surface area contributed by atoms with Crippen molar-refractivity contribution in [3.05, 3.63) is 0 Å². The molecule has 1 N–H and O–H groups in total. The van der Waals surface area contributed by atoms with Crippen LogP contribution >= 0.6 is 27.9 Å². The molecule has 0 aliphatic rings. The van der Waals surface area contributed by atoms with Gasteiger partial charge in [-0.05, 0) is 0 Å². The second-order valence-corrected chi connectivity index (χ2v) is 6.81. The van der Waals surface area contributed by atoms with E-state index in [4.69, 9.17) is 0 Å². The zero-order chi connectivity index (χ0) is 5.54. The third kappa shape index (κ3) is 7.85. The van der Waals surface area contributed by atoms with Crippen LogP contribution in [0.25, 0.3) is 0 Å². The maximum atomic E-state index is 3.31. The molecule has 0 fully saturated rings. The molecule has 0 aromatic carbocycles. The van der Waals surface area contributed by atoms with Crippen molar-refractivity contribution in [1.29, 1.82) is 0 Å². The van der Waals surface area contributed by atoms with Crippen molar-refractivity contribution in [1.82, 2.24) is 5.32 Å². The normalized spacial score (nSPS) is 10.0.